The van der Waals surface area contributed by atoms with Gasteiger partial charge in [0, 0.05) is 19.3 Å². The first-order chi connectivity index (χ1) is 8.69. The highest BCUT2D eigenvalue weighted by molar-refractivity contribution is 5.26. The van der Waals surface area contributed by atoms with Crippen molar-refractivity contribution in [1.82, 2.24) is 5.43 Å². The van der Waals surface area contributed by atoms with Crippen molar-refractivity contribution in [1.29, 1.82) is 0 Å². The van der Waals surface area contributed by atoms with E-state index in [-0.39, 0.29) is 6.04 Å². The first kappa shape index (κ1) is 15.2. The van der Waals surface area contributed by atoms with Crippen LogP contribution in [0.15, 0.2) is 24.3 Å². The van der Waals surface area contributed by atoms with Gasteiger partial charge in [0.05, 0.1) is 0 Å². The maximum atomic E-state index is 5.63. The molecule has 18 heavy (non-hydrogen) atoms. The fourth-order valence-corrected chi connectivity index (χ4v) is 1.99. The second-order valence-electron chi connectivity index (χ2n) is 4.88. The zero-order chi connectivity index (χ0) is 13.4. The summed E-state index contributed by atoms with van der Waals surface area (Å²) in [4.78, 5) is 0. The highest BCUT2D eigenvalue weighted by Crippen LogP contribution is 2.21. The predicted octanol–water partition coefficient (Wildman–Crippen LogP) is 3.13. The molecule has 0 heterocycles. The van der Waals surface area contributed by atoms with Crippen molar-refractivity contribution < 1.29 is 4.74 Å². The predicted molar refractivity (Wildman–Crippen MR) is 76.3 cm³/mol. The summed E-state index contributed by atoms with van der Waals surface area (Å²) < 4.78 is 5.35. The molecule has 3 nitrogen and oxygen atoms in total. The van der Waals surface area contributed by atoms with E-state index < -0.39 is 0 Å². The minimum absolute atomic E-state index is 0.215. The van der Waals surface area contributed by atoms with Crippen LogP contribution < -0.4 is 11.3 Å². The normalized spacial score (nSPS) is 12.9. The van der Waals surface area contributed by atoms with Crippen LogP contribution in [-0.2, 0) is 4.74 Å². The van der Waals surface area contributed by atoms with Crippen molar-refractivity contribution in [3.63, 3.8) is 0 Å². The number of nitrogens with two attached hydrogens (primary N) is 1. The van der Waals surface area contributed by atoms with Crippen LogP contribution in [-0.4, -0.2) is 13.2 Å². The molecule has 1 aromatic carbocycles. The molecule has 0 spiro atoms. The molecule has 0 amide bonds. The topological polar surface area (TPSA) is 47.3 Å². The lowest BCUT2D eigenvalue weighted by Gasteiger charge is -2.17. The van der Waals surface area contributed by atoms with Gasteiger partial charge in [-0.05, 0) is 36.8 Å². The van der Waals surface area contributed by atoms with Gasteiger partial charge in [-0.25, -0.2) is 0 Å². The molecule has 0 bridgehead atoms. The van der Waals surface area contributed by atoms with Gasteiger partial charge in [0.1, 0.15) is 0 Å². The third-order valence-electron chi connectivity index (χ3n) is 3.19. The summed E-state index contributed by atoms with van der Waals surface area (Å²) in [5, 5.41) is 0. The second-order valence-corrected chi connectivity index (χ2v) is 4.88. The van der Waals surface area contributed by atoms with Crippen molar-refractivity contribution in [3.05, 3.63) is 35.4 Å². The molecule has 0 fully saturated rings. The van der Waals surface area contributed by atoms with Gasteiger partial charge in [0.25, 0.3) is 0 Å². The Morgan fingerprint density at radius 1 is 1.17 bits per heavy atom. The summed E-state index contributed by atoms with van der Waals surface area (Å²) in [5.41, 5.74) is 5.50. The molecule has 3 N–H and O–H groups in total. The molecular formula is C15H26N2O. The van der Waals surface area contributed by atoms with Gasteiger partial charge in [-0.15, -0.1) is 0 Å². The van der Waals surface area contributed by atoms with Gasteiger partial charge < -0.3 is 4.74 Å². The van der Waals surface area contributed by atoms with E-state index in [9.17, 15) is 0 Å². The van der Waals surface area contributed by atoms with Crippen molar-refractivity contribution in [3.8, 4) is 0 Å². The molecule has 0 saturated carbocycles. The fourth-order valence-electron chi connectivity index (χ4n) is 1.99. The standard InChI is InChI=1S/C15H26N2O/c1-4-18-11-5-6-15(17-16)14-9-7-13(8-10-14)12(2)3/h7-10,12,15,17H,4-6,11,16H2,1-3H3. The van der Waals surface area contributed by atoms with Gasteiger partial charge in [0.15, 0.2) is 0 Å². The van der Waals surface area contributed by atoms with E-state index >= 15 is 0 Å². The van der Waals surface area contributed by atoms with Crippen LogP contribution in [0.25, 0.3) is 0 Å². The number of rotatable bonds is 8. The molecule has 1 aromatic rings. The number of hydrazine groups is 1. The van der Waals surface area contributed by atoms with Gasteiger partial charge >= 0.3 is 0 Å². The first-order valence-corrected chi connectivity index (χ1v) is 6.82. The van der Waals surface area contributed by atoms with E-state index in [0.29, 0.717) is 5.92 Å². The molecule has 102 valence electrons. The Balaban J connectivity index is 2.53. The van der Waals surface area contributed by atoms with Gasteiger partial charge in [-0.2, -0.15) is 0 Å². The molecule has 0 aliphatic carbocycles. The Labute approximate surface area is 111 Å². The molecule has 1 atom stereocenters. The highest BCUT2D eigenvalue weighted by Gasteiger charge is 2.09. The van der Waals surface area contributed by atoms with Gasteiger partial charge in [-0.1, -0.05) is 38.1 Å². The summed E-state index contributed by atoms with van der Waals surface area (Å²) in [6, 6.07) is 8.92. The number of ether oxygens (including phenoxy) is 1. The van der Waals surface area contributed by atoms with E-state index in [0.717, 1.165) is 26.1 Å². The number of benzene rings is 1. The number of hydrogen-bond acceptors (Lipinski definition) is 3. The van der Waals surface area contributed by atoms with Crippen molar-refractivity contribution in [2.75, 3.05) is 13.2 Å². The van der Waals surface area contributed by atoms with Crippen LogP contribution in [0.4, 0.5) is 0 Å². The minimum atomic E-state index is 0.215. The average molecular weight is 250 g/mol. The lowest BCUT2D eigenvalue weighted by atomic mass is 9.97. The van der Waals surface area contributed by atoms with Crippen LogP contribution in [0.3, 0.4) is 0 Å². The van der Waals surface area contributed by atoms with Crippen molar-refractivity contribution in [2.24, 2.45) is 5.84 Å². The molecule has 0 saturated heterocycles. The monoisotopic (exact) mass is 250 g/mol. The zero-order valence-corrected chi connectivity index (χ0v) is 11.8. The van der Waals surface area contributed by atoms with E-state index in [1.807, 2.05) is 6.92 Å². The average Bonchev–Trinajstić information content (AvgIpc) is 2.39. The SMILES string of the molecule is CCOCCCC(NN)c1ccc(C(C)C)cc1. The number of nitrogens with one attached hydrogen (secondary N) is 1. The Morgan fingerprint density at radius 3 is 2.28 bits per heavy atom. The van der Waals surface area contributed by atoms with Crippen LogP contribution in [0.5, 0.6) is 0 Å². The zero-order valence-electron chi connectivity index (χ0n) is 11.8. The molecular weight excluding hydrogens is 224 g/mol. The number of hydrogen-bond donors (Lipinski definition) is 2. The van der Waals surface area contributed by atoms with Crippen LogP contribution in [0.2, 0.25) is 0 Å². The third kappa shape index (κ3) is 4.77. The first-order valence-electron chi connectivity index (χ1n) is 6.82. The van der Waals surface area contributed by atoms with Crippen LogP contribution >= 0.6 is 0 Å². The second kappa shape index (κ2) is 8.25. The molecule has 0 radical (unpaired) electrons. The van der Waals surface area contributed by atoms with Gasteiger partial charge in [0.2, 0.25) is 0 Å². The quantitative estimate of drug-likeness (QED) is 0.423. The van der Waals surface area contributed by atoms with Crippen molar-refractivity contribution in [2.45, 2.75) is 45.6 Å². The van der Waals surface area contributed by atoms with Crippen LogP contribution in [0, 0.1) is 0 Å². The summed E-state index contributed by atoms with van der Waals surface area (Å²) in [6.07, 6.45) is 2.02. The maximum absolute atomic E-state index is 5.63. The molecule has 0 aliphatic heterocycles. The summed E-state index contributed by atoms with van der Waals surface area (Å²) in [6.45, 7) is 8.01. The molecule has 1 unspecified atom stereocenters. The van der Waals surface area contributed by atoms with E-state index in [1.54, 1.807) is 0 Å². The Hall–Kier alpha value is -0.900. The molecule has 0 aliphatic rings. The van der Waals surface area contributed by atoms with Gasteiger partial charge in [-0.3, -0.25) is 11.3 Å². The molecule has 1 rings (SSSR count). The fraction of sp³-hybridized carbons (Fsp3) is 0.600. The lowest BCUT2D eigenvalue weighted by molar-refractivity contribution is 0.141. The largest absolute Gasteiger partial charge is 0.382 e. The van der Waals surface area contributed by atoms with Crippen molar-refractivity contribution >= 4 is 0 Å². The third-order valence-corrected chi connectivity index (χ3v) is 3.19. The summed E-state index contributed by atoms with van der Waals surface area (Å²) in [7, 11) is 0. The lowest BCUT2D eigenvalue weighted by Crippen LogP contribution is -2.28. The Morgan fingerprint density at radius 2 is 1.78 bits per heavy atom. The summed E-state index contributed by atoms with van der Waals surface area (Å²) >= 11 is 0. The van der Waals surface area contributed by atoms with E-state index in [4.69, 9.17) is 10.6 Å². The molecule has 3 heteroatoms. The Bertz CT molecular complexity index is 322. The molecule has 0 aromatic heterocycles. The summed E-state index contributed by atoms with van der Waals surface area (Å²) in [5.74, 6) is 6.20. The highest BCUT2D eigenvalue weighted by atomic mass is 16.5. The van der Waals surface area contributed by atoms with E-state index in [1.165, 1.54) is 11.1 Å². The minimum Gasteiger partial charge on any atom is -0.382 e. The Kier molecular flexibility index (Phi) is 6.94. The van der Waals surface area contributed by atoms with E-state index in [2.05, 4.69) is 43.5 Å². The maximum Gasteiger partial charge on any atom is 0.0466 e. The van der Waals surface area contributed by atoms with Crippen LogP contribution in [0.1, 0.15) is 56.7 Å². The smallest absolute Gasteiger partial charge is 0.0466 e.